The molecule has 0 radical (unpaired) electrons. The van der Waals surface area contributed by atoms with E-state index in [1.54, 1.807) is 18.2 Å². The minimum absolute atomic E-state index is 0.164. The number of anilines is 1. The molecule has 1 aliphatic carbocycles. The average molecular weight is 480 g/mol. The predicted molar refractivity (Wildman–Crippen MR) is 122 cm³/mol. The lowest BCUT2D eigenvalue weighted by Crippen LogP contribution is -2.40. The number of sulfonamides is 1. The van der Waals surface area contributed by atoms with Crippen LogP contribution < -0.4 is 5.32 Å². The maximum atomic E-state index is 12.9. The third kappa shape index (κ3) is 5.33. The number of hydrogen-bond donors (Lipinski definition) is 1. The molecule has 11 heteroatoms. The Hall–Kier alpha value is -1.95. The number of hydrogen-bond acceptors (Lipinski definition) is 7. The van der Waals surface area contributed by atoms with Gasteiger partial charge in [-0.2, -0.15) is 4.31 Å². The van der Waals surface area contributed by atoms with Gasteiger partial charge in [0.25, 0.3) is 0 Å². The van der Waals surface area contributed by atoms with E-state index in [-0.39, 0.29) is 16.6 Å². The van der Waals surface area contributed by atoms with Crippen LogP contribution in [0.4, 0.5) is 5.69 Å². The first-order chi connectivity index (χ1) is 15.4. The summed E-state index contributed by atoms with van der Waals surface area (Å²) in [5.41, 5.74) is 0.454. The number of amides is 1. The van der Waals surface area contributed by atoms with Gasteiger partial charge in [-0.05, 0) is 38.0 Å². The fraction of sp³-hybridized carbons (Fsp3) is 0.571. The number of thioether (sulfide) groups is 1. The summed E-state index contributed by atoms with van der Waals surface area (Å²) in [4.78, 5) is 12.7. The van der Waals surface area contributed by atoms with Crippen molar-refractivity contribution >= 4 is 33.4 Å². The quantitative estimate of drug-likeness (QED) is 0.609. The third-order valence-corrected chi connectivity index (χ3v) is 8.67. The number of carbonyl (C=O) groups excluding carboxylic acids is 1. The van der Waals surface area contributed by atoms with Gasteiger partial charge in [-0.3, -0.25) is 4.79 Å². The number of rotatable bonds is 7. The first kappa shape index (κ1) is 23.2. The minimum atomic E-state index is -3.62. The molecule has 1 saturated heterocycles. The topological polar surface area (TPSA) is 106 Å². The van der Waals surface area contributed by atoms with Crippen LogP contribution in [0, 0.1) is 6.92 Å². The summed E-state index contributed by atoms with van der Waals surface area (Å²) >= 11 is 1.36. The number of nitrogens with one attached hydrogen (secondary N) is 1. The van der Waals surface area contributed by atoms with Gasteiger partial charge in [0.15, 0.2) is 5.16 Å². The SMILES string of the molecule is Cc1nnc(SCC(=O)Nc2cccc(S(=O)(=O)N3CCOCC3)c2)n1C1CCCCC1. The molecule has 1 saturated carbocycles. The van der Waals surface area contributed by atoms with Crippen molar-refractivity contribution in [1.29, 1.82) is 0 Å². The van der Waals surface area contributed by atoms with Gasteiger partial charge in [0, 0.05) is 24.8 Å². The molecule has 2 aliphatic rings. The van der Waals surface area contributed by atoms with Crippen molar-refractivity contribution in [3.63, 3.8) is 0 Å². The molecule has 1 aliphatic heterocycles. The highest BCUT2D eigenvalue weighted by atomic mass is 32.2. The maximum Gasteiger partial charge on any atom is 0.243 e. The van der Waals surface area contributed by atoms with E-state index in [2.05, 4.69) is 20.1 Å². The second kappa shape index (κ2) is 10.3. The molecule has 1 aromatic heterocycles. The molecule has 174 valence electrons. The number of nitrogens with zero attached hydrogens (tertiary/aromatic N) is 4. The molecule has 0 spiro atoms. The Kier molecular flexibility index (Phi) is 7.49. The number of aryl methyl sites for hydroxylation is 1. The monoisotopic (exact) mass is 479 g/mol. The molecule has 1 aromatic carbocycles. The van der Waals surface area contributed by atoms with Crippen LogP contribution in [0.1, 0.15) is 44.0 Å². The van der Waals surface area contributed by atoms with Crippen LogP contribution in [0.2, 0.25) is 0 Å². The Morgan fingerprint density at radius 3 is 2.69 bits per heavy atom. The zero-order valence-electron chi connectivity index (χ0n) is 18.2. The van der Waals surface area contributed by atoms with Gasteiger partial charge >= 0.3 is 0 Å². The van der Waals surface area contributed by atoms with Crippen LogP contribution >= 0.6 is 11.8 Å². The second-order valence-corrected chi connectivity index (χ2v) is 11.0. The highest BCUT2D eigenvalue weighted by Crippen LogP contribution is 2.32. The van der Waals surface area contributed by atoms with Gasteiger partial charge in [-0.1, -0.05) is 37.1 Å². The van der Waals surface area contributed by atoms with Crippen LogP contribution in [0.5, 0.6) is 0 Å². The molecule has 32 heavy (non-hydrogen) atoms. The Balaban J connectivity index is 1.39. The highest BCUT2D eigenvalue weighted by Gasteiger charge is 2.26. The molecule has 9 nitrogen and oxygen atoms in total. The zero-order valence-corrected chi connectivity index (χ0v) is 19.8. The third-order valence-electron chi connectivity index (χ3n) is 5.83. The Morgan fingerprint density at radius 1 is 1.19 bits per heavy atom. The van der Waals surface area contributed by atoms with E-state index in [1.165, 1.54) is 41.4 Å². The largest absolute Gasteiger partial charge is 0.379 e. The van der Waals surface area contributed by atoms with E-state index in [0.29, 0.717) is 38.0 Å². The second-order valence-electron chi connectivity index (χ2n) is 8.07. The molecule has 0 atom stereocenters. The molecular weight excluding hydrogens is 450 g/mol. The van der Waals surface area contributed by atoms with E-state index in [1.807, 2.05) is 6.92 Å². The molecule has 2 heterocycles. The van der Waals surface area contributed by atoms with E-state index >= 15 is 0 Å². The van der Waals surface area contributed by atoms with Crippen molar-refractivity contribution in [2.45, 2.75) is 55.1 Å². The van der Waals surface area contributed by atoms with E-state index < -0.39 is 10.0 Å². The molecule has 2 aromatic rings. The van der Waals surface area contributed by atoms with Gasteiger partial charge < -0.3 is 14.6 Å². The number of carbonyl (C=O) groups is 1. The van der Waals surface area contributed by atoms with Crippen molar-refractivity contribution in [3.05, 3.63) is 30.1 Å². The average Bonchev–Trinajstić information content (AvgIpc) is 3.19. The summed E-state index contributed by atoms with van der Waals surface area (Å²) in [5, 5.41) is 12.1. The molecule has 4 rings (SSSR count). The number of benzene rings is 1. The van der Waals surface area contributed by atoms with Crippen LogP contribution in [0.25, 0.3) is 0 Å². The van der Waals surface area contributed by atoms with E-state index in [0.717, 1.165) is 23.8 Å². The first-order valence-electron chi connectivity index (χ1n) is 11.0. The van der Waals surface area contributed by atoms with Gasteiger partial charge in [0.1, 0.15) is 5.82 Å². The lowest BCUT2D eigenvalue weighted by molar-refractivity contribution is -0.113. The van der Waals surface area contributed by atoms with Gasteiger partial charge in [-0.15, -0.1) is 10.2 Å². The maximum absolute atomic E-state index is 12.9. The Bertz CT molecular complexity index is 1040. The highest BCUT2D eigenvalue weighted by molar-refractivity contribution is 7.99. The molecule has 0 bridgehead atoms. The van der Waals surface area contributed by atoms with Crippen molar-refractivity contribution in [1.82, 2.24) is 19.1 Å². The van der Waals surface area contributed by atoms with Crippen molar-refractivity contribution in [2.75, 3.05) is 37.4 Å². The Labute approximate surface area is 193 Å². The number of morpholine rings is 1. The molecule has 1 N–H and O–H groups in total. The summed E-state index contributed by atoms with van der Waals surface area (Å²) < 4.78 is 34.5. The Morgan fingerprint density at radius 2 is 1.94 bits per heavy atom. The van der Waals surface area contributed by atoms with Crippen molar-refractivity contribution in [2.24, 2.45) is 0 Å². The van der Waals surface area contributed by atoms with Crippen LogP contribution in [0.3, 0.4) is 0 Å². The molecular formula is C21H29N5O4S2. The summed E-state index contributed by atoms with van der Waals surface area (Å²) in [6.07, 6.45) is 5.90. The summed E-state index contributed by atoms with van der Waals surface area (Å²) in [7, 11) is -3.62. The van der Waals surface area contributed by atoms with E-state index in [4.69, 9.17) is 4.74 Å². The molecule has 0 unspecified atom stereocenters. The fourth-order valence-electron chi connectivity index (χ4n) is 4.21. The predicted octanol–water partition coefficient (Wildman–Crippen LogP) is 2.84. The smallest absolute Gasteiger partial charge is 0.243 e. The standard InChI is InChI=1S/C21H29N5O4S2/c1-16-23-24-21(26(16)18-7-3-2-4-8-18)31-15-20(27)22-17-6-5-9-19(14-17)32(28,29)25-10-12-30-13-11-25/h5-6,9,14,18H,2-4,7-8,10-13,15H2,1H3,(H,22,27). The lowest BCUT2D eigenvalue weighted by atomic mass is 9.95. The first-order valence-corrected chi connectivity index (χ1v) is 13.4. The van der Waals surface area contributed by atoms with Gasteiger partial charge in [0.2, 0.25) is 15.9 Å². The van der Waals surface area contributed by atoms with Crippen molar-refractivity contribution in [3.8, 4) is 0 Å². The van der Waals surface area contributed by atoms with Crippen LogP contribution in [0.15, 0.2) is 34.3 Å². The summed E-state index contributed by atoms with van der Waals surface area (Å²) in [6, 6.07) is 6.77. The normalized spacial score (nSPS) is 18.5. The fourth-order valence-corrected chi connectivity index (χ4v) is 6.51. The molecule has 2 fully saturated rings. The lowest BCUT2D eigenvalue weighted by Gasteiger charge is -2.26. The van der Waals surface area contributed by atoms with Crippen molar-refractivity contribution < 1.29 is 17.9 Å². The van der Waals surface area contributed by atoms with Crippen LogP contribution in [-0.4, -0.2) is 65.5 Å². The zero-order chi connectivity index (χ0) is 22.6. The van der Waals surface area contributed by atoms with Gasteiger partial charge in [-0.25, -0.2) is 8.42 Å². The van der Waals surface area contributed by atoms with E-state index in [9.17, 15) is 13.2 Å². The van der Waals surface area contributed by atoms with Gasteiger partial charge in [0.05, 0.1) is 23.9 Å². The number of ether oxygens (including phenoxy) is 1. The minimum Gasteiger partial charge on any atom is -0.379 e. The number of aromatic nitrogens is 3. The summed E-state index contributed by atoms with van der Waals surface area (Å²) in [5.74, 6) is 0.832. The summed E-state index contributed by atoms with van der Waals surface area (Å²) in [6.45, 7) is 3.38. The van der Waals surface area contributed by atoms with Crippen LogP contribution in [-0.2, 0) is 19.6 Å². The molecule has 1 amide bonds.